The molecular formula is C33H73N. The molecule has 0 aromatic rings. The van der Waals surface area contributed by atoms with Gasteiger partial charge in [0.2, 0.25) is 0 Å². The van der Waals surface area contributed by atoms with E-state index in [1.807, 2.05) is 27.7 Å². The molecule has 1 nitrogen and oxygen atoms in total. The van der Waals surface area contributed by atoms with Crippen LogP contribution in [-0.2, 0) is 0 Å². The second kappa shape index (κ2) is 40.1. The first-order chi connectivity index (χ1) is 16.8. The molecule has 0 aromatic carbocycles. The van der Waals surface area contributed by atoms with Crippen LogP contribution >= 0.6 is 0 Å². The Hall–Kier alpha value is -0.0400. The minimum absolute atomic E-state index is 1.36. The Bertz CT molecular complexity index is 268. The van der Waals surface area contributed by atoms with E-state index < -0.39 is 0 Å². The Balaban J connectivity index is -0.00000227. The molecule has 0 aromatic heterocycles. The summed E-state index contributed by atoms with van der Waals surface area (Å²) in [5.74, 6) is 0. The molecule has 1 heteroatoms. The van der Waals surface area contributed by atoms with Gasteiger partial charge < -0.3 is 4.90 Å². The minimum Gasteiger partial charge on any atom is -0.303 e. The van der Waals surface area contributed by atoms with E-state index in [0.29, 0.717) is 0 Å². The molecule has 0 saturated carbocycles. The van der Waals surface area contributed by atoms with Crippen molar-refractivity contribution in [1.82, 2.24) is 4.90 Å². The summed E-state index contributed by atoms with van der Waals surface area (Å²) < 4.78 is 0. The van der Waals surface area contributed by atoms with E-state index in [0.717, 1.165) is 0 Å². The molecule has 0 N–H and O–H groups in total. The third kappa shape index (κ3) is 36.5. The molecule has 0 aliphatic heterocycles. The normalized spacial score (nSPS) is 10.6. The fraction of sp³-hybridized carbons (Fsp3) is 1.00. The van der Waals surface area contributed by atoms with Crippen LogP contribution in [-0.4, -0.2) is 24.5 Å². The number of hydrogen-bond acceptors (Lipinski definition) is 1. The quantitative estimate of drug-likeness (QED) is 0.110. The van der Waals surface area contributed by atoms with Crippen LogP contribution in [0.15, 0.2) is 0 Å². The van der Waals surface area contributed by atoms with Crippen molar-refractivity contribution >= 4 is 0 Å². The maximum atomic E-state index is 2.82. The Morgan fingerprint density at radius 3 is 0.647 bits per heavy atom. The summed E-state index contributed by atoms with van der Waals surface area (Å²) in [5.41, 5.74) is 0. The van der Waals surface area contributed by atoms with E-state index in [1.165, 1.54) is 167 Å². The smallest absolute Gasteiger partial charge is 0.00187 e. The SMILES string of the molecule is CC.CC.CCCCCCCCCCN(CCCCCCCCC)CCCCCCCCCC. The molecule has 0 spiro atoms. The van der Waals surface area contributed by atoms with Crippen molar-refractivity contribution in [2.24, 2.45) is 0 Å². The van der Waals surface area contributed by atoms with Crippen molar-refractivity contribution in [2.75, 3.05) is 19.6 Å². The lowest BCUT2D eigenvalue weighted by molar-refractivity contribution is 0.254. The second-order valence-electron chi connectivity index (χ2n) is 9.91. The monoisotopic (exact) mass is 484 g/mol. The molecule has 0 bridgehead atoms. The predicted molar refractivity (Wildman–Crippen MR) is 162 cm³/mol. The number of unbranched alkanes of at least 4 members (excludes halogenated alkanes) is 20. The molecule has 0 heterocycles. The molecule has 0 aliphatic carbocycles. The van der Waals surface area contributed by atoms with Crippen LogP contribution in [0.2, 0.25) is 0 Å². The molecule has 0 radical (unpaired) electrons. The number of hydrogen-bond donors (Lipinski definition) is 0. The molecule has 0 rings (SSSR count). The highest BCUT2D eigenvalue weighted by molar-refractivity contribution is 4.60. The van der Waals surface area contributed by atoms with Crippen LogP contribution in [0.4, 0.5) is 0 Å². The van der Waals surface area contributed by atoms with Gasteiger partial charge in [-0.25, -0.2) is 0 Å². The van der Waals surface area contributed by atoms with Gasteiger partial charge in [-0.3, -0.25) is 0 Å². The summed E-state index contributed by atoms with van der Waals surface area (Å²) >= 11 is 0. The first-order valence-corrected chi connectivity index (χ1v) is 16.6. The highest BCUT2D eigenvalue weighted by atomic mass is 15.1. The third-order valence-corrected chi connectivity index (χ3v) is 6.73. The fourth-order valence-electron chi connectivity index (χ4n) is 4.57. The van der Waals surface area contributed by atoms with E-state index in [2.05, 4.69) is 25.7 Å². The van der Waals surface area contributed by atoms with E-state index in [-0.39, 0.29) is 0 Å². The van der Waals surface area contributed by atoms with Gasteiger partial charge in [-0.15, -0.1) is 0 Å². The van der Waals surface area contributed by atoms with E-state index >= 15 is 0 Å². The summed E-state index contributed by atoms with van der Waals surface area (Å²) in [4.78, 5) is 2.82. The summed E-state index contributed by atoms with van der Waals surface area (Å²) in [6.45, 7) is 19.0. The number of nitrogens with zero attached hydrogens (tertiary/aromatic N) is 1. The van der Waals surface area contributed by atoms with Gasteiger partial charge in [0.15, 0.2) is 0 Å². The van der Waals surface area contributed by atoms with Crippen molar-refractivity contribution in [3.8, 4) is 0 Å². The molecule has 0 atom stereocenters. The molecular weight excluding hydrogens is 410 g/mol. The zero-order valence-corrected chi connectivity index (χ0v) is 25.8. The Morgan fingerprint density at radius 1 is 0.265 bits per heavy atom. The lowest BCUT2D eigenvalue weighted by Gasteiger charge is -2.22. The van der Waals surface area contributed by atoms with E-state index in [9.17, 15) is 0 Å². The Kier molecular flexibility index (Phi) is 45.4. The Labute approximate surface area is 220 Å². The largest absolute Gasteiger partial charge is 0.303 e. The van der Waals surface area contributed by atoms with Crippen LogP contribution in [0, 0.1) is 0 Å². The van der Waals surface area contributed by atoms with Gasteiger partial charge in [-0.1, -0.05) is 177 Å². The maximum Gasteiger partial charge on any atom is -0.00187 e. The molecule has 0 unspecified atom stereocenters. The maximum absolute atomic E-state index is 2.82. The van der Waals surface area contributed by atoms with Gasteiger partial charge in [-0.2, -0.15) is 0 Å². The summed E-state index contributed by atoms with van der Waals surface area (Å²) in [7, 11) is 0. The Morgan fingerprint density at radius 2 is 0.441 bits per heavy atom. The summed E-state index contributed by atoms with van der Waals surface area (Å²) in [6.07, 6.45) is 33.2. The minimum atomic E-state index is 1.36. The van der Waals surface area contributed by atoms with Crippen LogP contribution < -0.4 is 0 Å². The molecule has 34 heavy (non-hydrogen) atoms. The molecule has 0 fully saturated rings. The third-order valence-electron chi connectivity index (χ3n) is 6.73. The van der Waals surface area contributed by atoms with E-state index in [4.69, 9.17) is 0 Å². The van der Waals surface area contributed by atoms with Crippen LogP contribution in [0.3, 0.4) is 0 Å². The number of rotatable bonds is 26. The van der Waals surface area contributed by atoms with Gasteiger partial charge in [0.05, 0.1) is 0 Å². The lowest BCUT2D eigenvalue weighted by Crippen LogP contribution is -2.27. The van der Waals surface area contributed by atoms with Crippen LogP contribution in [0.5, 0.6) is 0 Å². The van der Waals surface area contributed by atoms with Gasteiger partial charge in [0, 0.05) is 0 Å². The molecule has 210 valence electrons. The molecule has 0 aliphatic rings. The van der Waals surface area contributed by atoms with E-state index in [1.54, 1.807) is 0 Å². The summed E-state index contributed by atoms with van der Waals surface area (Å²) in [5, 5.41) is 0. The standard InChI is InChI=1S/C29H61N.2C2H6/c1-4-7-10-13-16-19-22-25-28-30(27-24-21-18-15-12-9-6-3)29-26-23-20-17-14-11-8-5-2;2*1-2/h4-29H2,1-3H3;2*1-2H3. The fourth-order valence-corrected chi connectivity index (χ4v) is 4.57. The van der Waals surface area contributed by atoms with Crippen LogP contribution in [0.1, 0.15) is 196 Å². The first kappa shape index (κ1) is 38.5. The van der Waals surface area contributed by atoms with Crippen molar-refractivity contribution in [2.45, 2.75) is 196 Å². The van der Waals surface area contributed by atoms with Gasteiger partial charge in [-0.05, 0) is 38.9 Å². The van der Waals surface area contributed by atoms with Gasteiger partial charge in [0.1, 0.15) is 0 Å². The summed E-state index contributed by atoms with van der Waals surface area (Å²) in [6, 6.07) is 0. The second-order valence-corrected chi connectivity index (χ2v) is 9.91. The zero-order chi connectivity index (χ0) is 26.0. The lowest BCUT2D eigenvalue weighted by atomic mass is 10.1. The molecule has 0 saturated heterocycles. The molecule has 0 amide bonds. The highest BCUT2D eigenvalue weighted by Gasteiger charge is 2.05. The highest BCUT2D eigenvalue weighted by Crippen LogP contribution is 2.13. The first-order valence-electron chi connectivity index (χ1n) is 16.6. The average Bonchev–Trinajstić information content (AvgIpc) is 2.88. The van der Waals surface area contributed by atoms with Gasteiger partial charge >= 0.3 is 0 Å². The van der Waals surface area contributed by atoms with Crippen LogP contribution in [0.25, 0.3) is 0 Å². The van der Waals surface area contributed by atoms with Crippen molar-refractivity contribution < 1.29 is 0 Å². The van der Waals surface area contributed by atoms with Gasteiger partial charge in [0.25, 0.3) is 0 Å². The zero-order valence-electron chi connectivity index (χ0n) is 25.8. The van der Waals surface area contributed by atoms with Crippen molar-refractivity contribution in [3.63, 3.8) is 0 Å². The average molecular weight is 484 g/mol. The van der Waals surface area contributed by atoms with Crippen molar-refractivity contribution in [3.05, 3.63) is 0 Å². The van der Waals surface area contributed by atoms with Crippen molar-refractivity contribution in [1.29, 1.82) is 0 Å². The predicted octanol–water partition coefficient (Wildman–Crippen LogP) is 12.4. The topological polar surface area (TPSA) is 3.24 Å².